The molecule has 21 heavy (non-hydrogen) atoms. The number of aromatic nitrogens is 2. The largest absolute Gasteiger partial charge is 0.497 e. The van der Waals surface area contributed by atoms with Crippen LogP contribution < -0.4 is 4.74 Å². The molecule has 0 atom stereocenters. The van der Waals surface area contributed by atoms with Crippen LogP contribution in [0.25, 0.3) is 11.0 Å². The van der Waals surface area contributed by atoms with Crippen LogP contribution in [0.3, 0.4) is 0 Å². The normalized spacial score (nSPS) is 15.9. The molecule has 2 heterocycles. The molecule has 1 fully saturated rings. The van der Waals surface area contributed by atoms with Crippen LogP contribution in [0, 0.1) is 0 Å². The summed E-state index contributed by atoms with van der Waals surface area (Å²) in [5.41, 5.74) is 2.11. The summed E-state index contributed by atoms with van der Waals surface area (Å²) < 4.78 is 7.56. The van der Waals surface area contributed by atoms with Crippen molar-refractivity contribution in [2.45, 2.75) is 31.7 Å². The Hall–Kier alpha value is -1.26. The molecule has 0 saturated carbocycles. The second-order valence-electron chi connectivity index (χ2n) is 5.57. The van der Waals surface area contributed by atoms with Crippen LogP contribution in [0.5, 0.6) is 5.75 Å². The van der Waals surface area contributed by atoms with Gasteiger partial charge < -0.3 is 14.2 Å². The summed E-state index contributed by atoms with van der Waals surface area (Å²) in [7, 11) is 1.69. The molecular formula is C16H22ClN3O. The summed E-state index contributed by atoms with van der Waals surface area (Å²) >= 11 is 6.06. The molecule has 5 heteroatoms. The molecule has 114 valence electrons. The first-order valence-corrected chi connectivity index (χ1v) is 8.17. The third kappa shape index (κ3) is 3.16. The lowest BCUT2D eigenvalue weighted by molar-refractivity contribution is 0.325. The number of fused-ring (bicyclic) bond motifs is 1. The number of hydrogen-bond donors (Lipinski definition) is 0. The van der Waals surface area contributed by atoms with Crippen molar-refractivity contribution in [3.05, 3.63) is 24.0 Å². The van der Waals surface area contributed by atoms with Gasteiger partial charge in [0.05, 0.1) is 24.0 Å². The highest BCUT2D eigenvalue weighted by Crippen LogP contribution is 2.23. The average Bonchev–Trinajstić information content (AvgIpc) is 3.14. The Morgan fingerprint density at radius 1 is 1.24 bits per heavy atom. The van der Waals surface area contributed by atoms with Gasteiger partial charge in [0.1, 0.15) is 11.6 Å². The van der Waals surface area contributed by atoms with Gasteiger partial charge in [0.2, 0.25) is 0 Å². The minimum absolute atomic E-state index is 0.445. The summed E-state index contributed by atoms with van der Waals surface area (Å²) in [5, 5.41) is 0. The van der Waals surface area contributed by atoms with Crippen molar-refractivity contribution in [2.75, 3.05) is 26.7 Å². The molecule has 0 spiro atoms. The molecule has 0 amide bonds. The number of likely N-dealkylation sites (tertiary alicyclic amines) is 1. The highest BCUT2D eigenvalue weighted by atomic mass is 35.5. The molecule has 0 aliphatic carbocycles. The van der Waals surface area contributed by atoms with Crippen molar-refractivity contribution in [2.24, 2.45) is 0 Å². The monoisotopic (exact) mass is 307 g/mol. The molecule has 0 radical (unpaired) electrons. The minimum Gasteiger partial charge on any atom is -0.497 e. The Kier molecular flexibility index (Phi) is 4.66. The van der Waals surface area contributed by atoms with Crippen LogP contribution in [-0.2, 0) is 12.4 Å². The maximum atomic E-state index is 6.06. The molecule has 0 bridgehead atoms. The zero-order chi connectivity index (χ0) is 14.7. The Labute approximate surface area is 130 Å². The van der Waals surface area contributed by atoms with Crippen molar-refractivity contribution in [3.8, 4) is 5.75 Å². The first-order valence-electron chi connectivity index (χ1n) is 7.63. The molecular weight excluding hydrogens is 286 g/mol. The number of rotatable bonds is 6. The van der Waals surface area contributed by atoms with Gasteiger partial charge in [-0.1, -0.05) is 0 Å². The predicted octanol–water partition coefficient (Wildman–Crippen LogP) is 3.27. The van der Waals surface area contributed by atoms with Gasteiger partial charge in [-0.05, 0) is 51.0 Å². The molecule has 1 aliphatic rings. The van der Waals surface area contributed by atoms with E-state index in [0.29, 0.717) is 5.88 Å². The van der Waals surface area contributed by atoms with E-state index < -0.39 is 0 Å². The number of benzene rings is 1. The maximum absolute atomic E-state index is 6.06. The van der Waals surface area contributed by atoms with Gasteiger partial charge in [-0.15, -0.1) is 11.6 Å². The number of methoxy groups -OCH3 is 1. The Morgan fingerprint density at radius 3 is 2.76 bits per heavy atom. The summed E-state index contributed by atoms with van der Waals surface area (Å²) in [6, 6.07) is 6.00. The third-order valence-corrected chi connectivity index (χ3v) is 4.45. The number of imidazole rings is 1. The summed E-state index contributed by atoms with van der Waals surface area (Å²) in [6.07, 6.45) is 3.82. The topological polar surface area (TPSA) is 30.3 Å². The molecule has 1 aromatic heterocycles. The number of alkyl halides is 1. The van der Waals surface area contributed by atoms with E-state index in [9.17, 15) is 0 Å². The molecule has 4 nitrogen and oxygen atoms in total. The fourth-order valence-electron chi connectivity index (χ4n) is 3.09. The van der Waals surface area contributed by atoms with E-state index in [1.165, 1.54) is 25.9 Å². The van der Waals surface area contributed by atoms with Gasteiger partial charge in [0, 0.05) is 12.6 Å². The van der Waals surface area contributed by atoms with Crippen molar-refractivity contribution in [1.82, 2.24) is 14.5 Å². The first kappa shape index (κ1) is 14.7. The highest BCUT2D eigenvalue weighted by Gasteiger charge is 2.13. The molecule has 3 rings (SSSR count). The summed E-state index contributed by atoms with van der Waals surface area (Å²) in [5.74, 6) is 2.26. The lowest BCUT2D eigenvalue weighted by atomic mass is 10.3. The number of halogens is 1. The molecule has 0 N–H and O–H groups in total. The molecule has 0 unspecified atom stereocenters. The zero-order valence-electron chi connectivity index (χ0n) is 12.5. The average molecular weight is 308 g/mol. The van der Waals surface area contributed by atoms with Gasteiger partial charge in [-0.25, -0.2) is 4.98 Å². The van der Waals surface area contributed by atoms with E-state index in [-0.39, 0.29) is 0 Å². The number of ether oxygens (including phenoxy) is 1. The molecule has 1 saturated heterocycles. The van der Waals surface area contributed by atoms with E-state index in [4.69, 9.17) is 16.3 Å². The maximum Gasteiger partial charge on any atom is 0.124 e. The Bertz CT molecular complexity index is 605. The second-order valence-corrected chi connectivity index (χ2v) is 5.84. The van der Waals surface area contributed by atoms with E-state index in [1.54, 1.807) is 7.11 Å². The van der Waals surface area contributed by atoms with E-state index in [1.807, 2.05) is 18.2 Å². The van der Waals surface area contributed by atoms with E-state index in [0.717, 1.165) is 42.1 Å². The minimum atomic E-state index is 0.445. The predicted molar refractivity (Wildman–Crippen MR) is 86.1 cm³/mol. The number of hydrogen-bond acceptors (Lipinski definition) is 3. The molecule has 2 aromatic rings. The van der Waals surface area contributed by atoms with Crippen molar-refractivity contribution in [1.29, 1.82) is 0 Å². The fourth-order valence-corrected chi connectivity index (χ4v) is 3.29. The zero-order valence-corrected chi connectivity index (χ0v) is 13.3. The van der Waals surface area contributed by atoms with Gasteiger partial charge in [-0.2, -0.15) is 0 Å². The highest BCUT2D eigenvalue weighted by molar-refractivity contribution is 6.16. The lowest BCUT2D eigenvalue weighted by Gasteiger charge is -2.15. The van der Waals surface area contributed by atoms with Gasteiger partial charge in [-0.3, -0.25) is 0 Å². The van der Waals surface area contributed by atoms with Gasteiger partial charge in [0.25, 0.3) is 0 Å². The van der Waals surface area contributed by atoms with Gasteiger partial charge in [0.15, 0.2) is 0 Å². The fraction of sp³-hybridized carbons (Fsp3) is 0.562. The SMILES string of the molecule is COc1ccc2nc(CCl)n(CCCN3CCCC3)c2c1. The first-order chi connectivity index (χ1) is 10.3. The second kappa shape index (κ2) is 6.67. The van der Waals surface area contributed by atoms with Crippen LogP contribution >= 0.6 is 11.6 Å². The van der Waals surface area contributed by atoms with Crippen LogP contribution in [0.2, 0.25) is 0 Å². The van der Waals surface area contributed by atoms with Crippen molar-refractivity contribution in [3.63, 3.8) is 0 Å². The molecule has 1 aromatic carbocycles. The number of aryl methyl sites for hydroxylation is 1. The summed E-state index contributed by atoms with van der Waals surface area (Å²) in [6.45, 7) is 4.62. The van der Waals surface area contributed by atoms with Crippen molar-refractivity contribution < 1.29 is 4.74 Å². The quantitative estimate of drug-likeness (QED) is 0.767. The van der Waals surface area contributed by atoms with E-state index in [2.05, 4.69) is 14.5 Å². The van der Waals surface area contributed by atoms with Crippen molar-refractivity contribution >= 4 is 22.6 Å². The smallest absolute Gasteiger partial charge is 0.124 e. The van der Waals surface area contributed by atoms with Crippen LogP contribution in [0.1, 0.15) is 25.1 Å². The Morgan fingerprint density at radius 2 is 2.05 bits per heavy atom. The third-order valence-electron chi connectivity index (χ3n) is 4.21. The van der Waals surface area contributed by atoms with E-state index >= 15 is 0 Å². The summed E-state index contributed by atoms with van der Waals surface area (Å²) in [4.78, 5) is 7.16. The molecule has 1 aliphatic heterocycles. The number of nitrogens with zero attached hydrogens (tertiary/aromatic N) is 3. The standard InChI is InChI=1S/C16H22ClN3O/c1-21-13-5-6-14-15(11-13)20(16(12-17)18-14)10-4-9-19-7-2-3-8-19/h5-6,11H,2-4,7-10,12H2,1H3. The van der Waals surface area contributed by atoms with Crippen LogP contribution in [0.15, 0.2) is 18.2 Å². The lowest BCUT2D eigenvalue weighted by Crippen LogP contribution is -2.21. The van der Waals surface area contributed by atoms with Crippen LogP contribution in [-0.4, -0.2) is 41.2 Å². The Balaban J connectivity index is 1.77. The van der Waals surface area contributed by atoms with Gasteiger partial charge >= 0.3 is 0 Å². The van der Waals surface area contributed by atoms with Crippen LogP contribution in [0.4, 0.5) is 0 Å².